The van der Waals surface area contributed by atoms with E-state index in [-0.39, 0.29) is 5.56 Å². The van der Waals surface area contributed by atoms with Crippen molar-refractivity contribution in [2.75, 3.05) is 6.26 Å². The van der Waals surface area contributed by atoms with Gasteiger partial charge in [-0.3, -0.25) is 4.79 Å². The first-order valence-corrected chi connectivity index (χ1v) is 6.48. The molecule has 0 bridgehead atoms. The van der Waals surface area contributed by atoms with Gasteiger partial charge in [0.1, 0.15) is 11.6 Å². The van der Waals surface area contributed by atoms with Crippen molar-refractivity contribution in [3.8, 4) is 0 Å². The zero-order valence-corrected chi connectivity index (χ0v) is 10.4. The van der Waals surface area contributed by atoms with Crippen molar-refractivity contribution in [1.82, 2.24) is 0 Å². The van der Waals surface area contributed by atoms with Crippen LogP contribution < -0.4 is 0 Å². The van der Waals surface area contributed by atoms with Crippen LogP contribution in [0.2, 0.25) is 0 Å². The first-order valence-electron chi connectivity index (χ1n) is 5.25. The van der Waals surface area contributed by atoms with Crippen molar-refractivity contribution in [3.05, 3.63) is 65.2 Å². The van der Waals surface area contributed by atoms with Crippen molar-refractivity contribution in [2.45, 2.75) is 4.90 Å². The number of rotatable bonds is 3. The summed E-state index contributed by atoms with van der Waals surface area (Å²) in [5, 5.41) is 0. The maximum Gasteiger partial charge on any atom is 0.196 e. The molecule has 0 fully saturated rings. The molecule has 0 aromatic heterocycles. The van der Waals surface area contributed by atoms with E-state index in [4.69, 9.17) is 0 Å². The second-order valence-corrected chi connectivity index (χ2v) is 4.56. The van der Waals surface area contributed by atoms with Gasteiger partial charge in [-0.2, -0.15) is 0 Å². The molecular formula is C14H10F2OS. The van der Waals surface area contributed by atoms with Crippen LogP contribution in [-0.2, 0) is 0 Å². The minimum absolute atomic E-state index is 0.116. The Bertz CT molecular complexity index is 596. The average Bonchev–Trinajstić information content (AvgIpc) is 2.38. The Morgan fingerprint density at radius 3 is 2.56 bits per heavy atom. The van der Waals surface area contributed by atoms with Crippen LogP contribution in [0.25, 0.3) is 0 Å². The van der Waals surface area contributed by atoms with Crippen LogP contribution in [-0.4, -0.2) is 12.0 Å². The summed E-state index contributed by atoms with van der Waals surface area (Å²) in [6.07, 6.45) is 1.89. The van der Waals surface area contributed by atoms with E-state index in [1.807, 2.05) is 12.3 Å². The molecule has 0 heterocycles. The van der Waals surface area contributed by atoms with E-state index < -0.39 is 17.4 Å². The quantitative estimate of drug-likeness (QED) is 0.617. The summed E-state index contributed by atoms with van der Waals surface area (Å²) in [5.74, 6) is -1.97. The second kappa shape index (κ2) is 5.31. The van der Waals surface area contributed by atoms with Crippen molar-refractivity contribution in [3.63, 3.8) is 0 Å². The van der Waals surface area contributed by atoms with Crippen LogP contribution >= 0.6 is 11.8 Å². The number of carbonyl (C=O) groups excluding carboxylic acids is 1. The van der Waals surface area contributed by atoms with Gasteiger partial charge in [-0.1, -0.05) is 12.1 Å². The third kappa shape index (κ3) is 2.59. The molecule has 0 N–H and O–H groups in total. The standard InChI is InChI=1S/C14H10F2OS/c1-18-11-4-2-3-9(7-11)14(17)12-6-5-10(15)8-13(12)16/h2-8H,1H3. The number of hydrogen-bond acceptors (Lipinski definition) is 2. The molecule has 0 radical (unpaired) electrons. The second-order valence-electron chi connectivity index (χ2n) is 3.69. The fraction of sp³-hybridized carbons (Fsp3) is 0.0714. The van der Waals surface area contributed by atoms with E-state index in [0.29, 0.717) is 11.6 Å². The third-order valence-electron chi connectivity index (χ3n) is 2.51. The summed E-state index contributed by atoms with van der Waals surface area (Å²) in [7, 11) is 0. The van der Waals surface area contributed by atoms with Crippen LogP contribution in [0, 0.1) is 11.6 Å². The van der Waals surface area contributed by atoms with E-state index >= 15 is 0 Å². The average molecular weight is 264 g/mol. The highest BCUT2D eigenvalue weighted by molar-refractivity contribution is 7.98. The number of carbonyl (C=O) groups is 1. The molecule has 0 aliphatic heterocycles. The lowest BCUT2D eigenvalue weighted by Gasteiger charge is -2.04. The van der Waals surface area contributed by atoms with Crippen LogP contribution in [0.5, 0.6) is 0 Å². The fourth-order valence-electron chi connectivity index (χ4n) is 1.59. The molecule has 0 aliphatic rings. The molecule has 2 rings (SSSR count). The highest BCUT2D eigenvalue weighted by Crippen LogP contribution is 2.19. The van der Waals surface area contributed by atoms with E-state index in [1.54, 1.807) is 18.2 Å². The Morgan fingerprint density at radius 1 is 1.11 bits per heavy atom. The molecule has 0 amide bonds. The molecule has 92 valence electrons. The van der Waals surface area contributed by atoms with Gasteiger partial charge in [0.05, 0.1) is 5.56 Å². The van der Waals surface area contributed by atoms with Crippen molar-refractivity contribution in [1.29, 1.82) is 0 Å². The molecule has 18 heavy (non-hydrogen) atoms. The van der Waals surface area contributed by atoms with Crippen LogP contribution in [0.1, 0.15) is 15.9 Å². The Balaban J connectivity index is 2.41. The van der Waals surface area contributed by atoms with Gasteiger partial charge in [0.15, 0.2) is 5.78 Å². The minimum atomic E-state index is -0.838. The van der Waals surface area contributed by atoms with Gasteiger partial charge in [0, 0.05) is 16.5 Å². The van der Waals surface area contributed by atoms with Crippen molar-refractivity contribution >= 4 is 17.5 Å². The molecule has 0 saturated carbocycles. The molecular weight excluding hydrogens is 254 g/mol. The Kier molecular flexibility index (Phi) is 3.77. The zero-order valence-electron chi connectivity index (χ0n) is 9.61. The van der Waals surface area contributed by atoms with Crippen LogP contribution in [0.15, 0.2) is 47.4 Å². The highest BCUT2D eigenvalue weighted by atomic mass is 32.2. The molecule has 2 aromatic carbocycles. The monoisotopic (exact) mass is 264 g/mol. The third-order valence-corrected chi connectivity index (χ3v) is 3.23. The number of ketones is 1. The maximum absolute atomic E-state index is 13.5. The van der Waals surface area contributed by atoms with Gasteiger partial charge in [-0.15, -0.1) is 11.8 Å². The van der Waals surface area contributed by atoms with Gasteiger partial charge in [0.25, 0.3) is 0 Å². The van der Waals surface area contributed by atoms with E-state index in [9.17, 15) is 13.6 Å². The lowest BCUT2D eigenvalue weighted by molar-refractivity contribution is 0.103. The predicted molar refractivity (Wildman–Crippen MR) is 68.0 cm³/mol. The van der Waals surface area contributed by atoms with E-state index in [2.05, 4.69) is 0 Å². The highest BCUT2D eigenvalue weighted by Gasteiger charge is 2.14. The number of thioether (sulfide) groups is 1. The first-order chi connectivity index (χ1) is 8.61. The maximum atomic E-state index is 13.5. The molecule has 0 spiro atoms. The summed E-state index contributed by atoms with van der Waals surface area (Å²) in [6.45, 7) is 0. The lowest BCUT2D eigenvalue weighted by Crippen LogP contribution is -2.04. The normalized spacial score (nSPS) is 10.4. The summed E-state index contributed by atoms with van der Waals surface area (Å²) in [5.41, 5.74) is 0.280. The molecule has 0 aliphatic carbocycles. The van der Waals surface area contributed by atoms with E-state index in [1.165, 1.54) is 17.8 Å². The zero-order chi connectivity index (χ0) is 13.1. The molecule has 0 unspecified atom stereocenters. The van der Waals surface area contributed by atoms with E-state index in [0.717, 1.165) is 11.0 Å². The molecule has 0 saturated heterocycles. The number of halogens is 2. The Morgan fingerprint density at radius 2 is 1.89 bits per heavy atom. The smallest absolute Gasteiger partial charge is 0.196 e. The minimum Gasteiger partial charge on any atom is -0.288 e. The summed E-state index contributed by atoms with van der Waals surface area (Å²) < 4.78 is 26.3. The molecule has 1 nitrogen and oxygen atoms in total. The van der Waals surface area contributed by atoms with Gasteiger partial charge in [-0.25, -0.2) is 8.78 Å². The van der Waals surface area contributed by atoms with Crippen molar-refractivity contribution < 1.29 is 13.6 Å². The summed E-state index contributed by atoms with van der Waals surface area (Å²) >= 11 is 1.50. The molecule has 0 atom stereocenters. The summed E-state index contributed by atoms with van der Waals surface area (Å²) in [6, 6.07) is 9.86. The topological polar surface area (TPSA) is 17.1 Å². The van der Waals surface area contributed by atoms with Crippen LogP contribution in [0.4, 0.5) is 8.78 Å². The predicted octanol–water partition coefficient (Wildman–Crippen LogP) is 3.92. The molecule has 4 heteroatoms. The fourth-order valence-corrected chi connectivity index (χ4v) is 2.05. The van der Waals surface area contributed by atoms with Crippen LogP contribution in [0.3, 0.4) is 0 Å². The summed E-state index contributed by atoms with van der Waals surface area (Å²) in [4.78, 5) is 13.0. The Hall–Kier alpha value is -1.68. The molecule has 2 aromatic rings. The van der Waals surface area contributed by atoms with Gasteiger partial charge < -0.3 is 0 Å². The van der Waals surface area contributed by atoms with Gasteiger partial charge >= 0.3 is 0 Å². The first kappa shape index (κ1) is 12.8. The lowest BCUT2D eigenvalue weighted by atomic mass is 10.0. The van der Waals surface area contributed by atoms with Crippen molar-refractivity contribution in [2.24, 2.45) is 0 Å². The largest absolute Gasteiger partial charge is 0.288 e. The van der Waals surface area contributed by atoms with Gasteiger partial charge in [-0.05, 0) is 30.5 Å². The SMILES string of the molecule is CSc1cccc(C(=O)c2ccc(F)cc2F)c1. The number of benzene rings is 2. The van der Waals surface area contributed by atoms with Gasteiger partial charge in [0.2, 0.25) is 0 Å². The Labute approximate surface area is 108 Å². The number of hydrogen-bond donors (Lipinski definition) is 0.